The van der Waals surface area contributed by atoms with E-state index in [1.807, 2.05) is 0 Å². The standard InChI is InChI=1S/C16H17N3O5/c1-19(9-10-24-12-5-3-11(23-2)4-6-12)15(20)13-14(16(21)22)18-8-7-17-13/h3-8H,9-10H2,1-2H3,(H,21,22). The fourth-order valence-corrected chi connectivity index (χ4v) is 1.91. The van der Waals surface area contributed by atoms with Crippen LogP contribution >= 0.6 is 0 Å². The highest BCUT2D eigenvalue weighted by molar-refractivity contribution is 6.01. The Morgan fingerprint density at radius 2 is 1.67 bits per heavy atom. The Labute approximate surface area is 138 Å². The van der Waals surface area contributed by atoms with Crippen LogP contribution in [0.4, 0.5) is 0 Å². The van der Waals surface area contributed by atoms with Crippen LogP contribution in [0.15, 0.2) is 36.7 Å². The van der Waals surface area contributed by atoms with Gasteiger partial charge >= 0.3 is 5.97 Å². The van der Waals surface area contributed by atoms with Gasteiger partial charge in [-0.05, 0) is 24.3 Å². The molecule has 0 fully saturated rings. The monoisotopic (exact) mass is 331 g/mol. The number of carbonyl (C=O) groups is 2. The number of carbonyl (C=O) groups excluding carboxylic acids is 1. The molecule has 0 atom stereocenters. The number of hydrogen-bond donors (Lipinski definition) is 1. The number of rotatable bonds is 7. The molecule has 0 unspecified atom stereocenters. The first-order valence-corrected chi connectivity index (χ1v) is 7.09. The van der Waals surface area contributed by atoms with Gasteiger partial charge in [0.05, 0.1) is 13.7 Å². The average Bonchev–Trinajstić information content (AvgIpc) is 2.61. The van der Waals surface area contributed by atoms with Gasteiger partial charge in [-0.1, -0.05) is 0 Å². The second-order valence-electron chi connectivity index (χ2n) is 4.81. The smallest absolute Gasteiger partial charge is 0.356 e. The first-order chi connectivity index (χ1) is 11.5. The van der Waals surface area contributed by atoms with Gasteiger partial charge in [0, 0.05) is 19.4 Å². The van der Waals surface area contributed by atoms with E-state index in [0.717, 1.165) is 5.75 Å². The molecule has 0 bridgehead atoms. The van der Waals surface area contributed by atoms with Crippen molar-refractivity contribution in [3.63, 3.8) is 0 Å². The number of carboxylic acids is 1. The Balaban J connectivity index is 1.93. The molecule has 0 radical (unpaired) electrons. The minimum Gasteiger partial charge on any atom is -0.497 e. The number of aromatic nitrogens is 2. The molecule has 1 heterocycles. The number of nitrogens with zero attached hydrogens (tertiary/aromatic N) is 3. The van der Waals surface area contributed by atoms with Gasteiger partial charge in [-0.15, -0.1) is 0 Å². The SMILES string of the molecule is COc1ccc(OCCN(C)C(=O)c2nccnc2C(=O)O)cc1. The normalized spacial score (nSPS) is 10.1. The van der Waals surface area contributed by atoms with Crippen LogP contribution in [-0.4, -0.2) is 59.2 Å². The Bertz CT molecular complexity index is 718. The number of amides is 1. The molecule has 8 heteroatoms. The van der Waals surface area contributed by atoms with E-state index in [2.05, 4.69) is 9.97 Å². The third kappa shape index (κ3) is 4.19. The van der Waals surface area contributed by atoms with Gasteiger partial charge in [-0.3, -0.25) is 4.79 Å². The fraction of sp³-hybridized carbons (Fsp3) is 0.250. The summed E-state index contributed by atoms with van der Waals surface area (Å²) >= 11 is 0. The third-order valence-corrected chi connectivity index (χ3v) is 3.20. The van der Waals surface area contributed by atoms with Crippen LogP contribution in [0.1, 0.15) is 21.0 Å². The van der Waals surface area contributed by atoms with E-state index < -0.39 is 11.9 Å². The lowest BCUT2D eigenvalue weighted by Crippen LogP contribution is -2.33. The number of benzene rings is 1. The first kappa shape index (κ1) is 17.2. The van der Waals surface area contributed by atoms with Crippen molar-refractivity contribution in [2.24, 2.45) is 0 Å². The summed E-state index contributed by atoms with van der Waals surface area (Å²) < 4.78 is 10.6. The van der Waals surface area contributed by atoms with Gasteiger partial charge in [0.1, 0.15) is 18.1 Å². The Morgan fingerprint density at radius 3 is 2.25 bits per heavy atom. The molecular weight excluding hydrogens is 314 g/mol. The predicted molar refractivity (Wildman–Crippen MR) is 84.4 cm³/mol. The fourth-order valence-electron chi connectivity index (χ4n) is 1.91. The number of ether oxygens (including phenoxy) is 2. The molecular formula is C16H17N3O5. The maximum Gasteiger partial charge on any atom is 0.356 e. The number of aromatic carboxylic acids is 1. The second-order valence-corrected chi connectivity index (χ2v) is 4.81. The lowest BCUT2D eigenvalue weighted by molar-refractivity contribution is 0.0669. The Morgan fingerprint density at radius 1 is 1.08 bits per heavy atom. The highest BCUT2D eigenvalue weighted by Crippen LogP contribution is 2.16. The molecule has 1 aromatic heterocycles. The lowest BCUT2D eigenvalue weighted by Gasteiger charge is -2.17. The third-order valence-electron chi connectivity index (χ3n) is 3.20. The zero-order valence-corrected chi connectivity index (χ0v) is 13.3. The molecule has 0 aliphatic carbocycles. The van der Waals surface area contributed by atoms with Crippen LogP contribution in [0.3, 0.4) is 0 Å². The summed E-state index contributed by atoms with van der Waals surface area (Å²) in [5.74, 6) is -0.464. The van der Waals surface area contributed by atoms with Crippen molar-refractivity contribution in [2.45, 2.75) is 0 Å². The molecule has 1 amide bonds. The molecule has 0 saturated carbocycles. The maximum atomic E-state index is 12.3. The van der Waals surface area contributed by atoms with E-state index in [1.165, 1.54) is 17.3 Å². The number of methoxy groups -OCH3 is 1. The molecule has 1 aromatic carbocycles. The van der Waals surface area contributed by atoms with Crippen LogP contribution in [0.2, 0.25) is 0 Å². The first-order valence-electron chi connectivity index (χ1n) is 7.09. The van der Waals surface area contributed by atoms with Crippen molar-refractivity contribution < 1.29 is 24.2 Å². The lowest BCUT2D eigenvalue weighted by atomic mass is 10.2. The van der Waals surface area contributed by atoms with E-state index in [1.54, 1.807) is 38.4 Å². The summed E-state index contributed by atoms with van der Waals surface area (Å²) in [6.45, 7) is 0.512. The average molecular weight is 331 g/mol. The van der Waals surface area contributed by atoms with Crippen LogP contribution in [0.5, 0.6) is 11.5 Å². The van der Waals surface area contributed by atoms with Crippen LogP contribution in [-0.2, 0) is 0 Å². The zero-order valence-electron chi connectivity index (χ0n) is 13.3. The Hall–Kier alpha value is -3.16. The van der Waals surface area contributed by atoms with Crippen molar-refractivity contribution in [3.8, 4) is 11.5 Å². The largest absolute Gasteiger partial charge is 0.497 e. The molecule has 1 N–H and O–H groups in total. The second kappa shape index (κ2) is 7.91. The van der Waals surface area contributed by atoms with Crippen LogP contribution < -0.4 is 9.47 Å². The van der Waals surface area contributed by atoms with Gasteiger partial charge in [0.25, 0.3) is 5.91 Å². The van der Waals surface area contributed by atoms with E-state index in [4.69, 9.17) is 14.6 Å². The quantitative estimate of drug-likeness (QED) is 0.816. The van der Waals surface area contributed by atoms with Crippen LogP contribution in [0.25, 0.3) is 0 Å². The molecule has 2 rings (SSSR count). The number of hydrogen-bond acceptors (Lipinski definition) is 6. The van der Waals surface area contributed by atoms with Gasteiger partial charge in [-0.25, -0.2) is 14.8 Å². The van der Waals surface area contributed by atoms with Gasteiger partial charge < -0.3 is 19.5 Å². The summed E-state index contributed by atoms with van der Waals surface area (Å²) in [7, 11) is 3.12. The topological polar surface area (TPSA) is 102 Å². The van der Waals surface area contributed by atoms with Gasteiger partial charge in [0.2, 0.25) is 0 Å². The van der Waals surface area contributed by atoms with Crippen molar-refractivity contribution in [1.29, 1.82) is 0 Å². The maximum absolute atomic E-state index is 12.3. The van der Waals surface area contributed by atoms with Crippen molar-refractivity contribution in [1.82, 2.24) is 14.9 Å². The highest BCUT2D eigenvalue weighted by Gasteiger charge is 2.22. The summed E-state index contributed by atoms with van der Waals surface area (Å²) in [6.07, 6.45) is 2.51. The predicted octanol–water partition coefficient (Wildman–Crippen LogP) is 1.33. The molecule has 126 valence electrons. The van der Waals surface area contributed by atoms with Crippen molar-refractivity contribution in [3.05, 3.63) is 48.0 Å². The summed E-state index contributed by atoms with van der Waals surface area (Å²) in [4.78, 5) is 32.2. The van der Waals surface area contributed by atoms with Gasteiger partial charge in [0.15, 0.2) is 11.4 Å². The van der Waals surface area contributed by atoms with E-state index >= 15 is 0 Å². The minimum atomic E-state index is -1.30. The van der Waals surface area contributed by atoms with Crippen LogP contribution in [0, 0.1) is 0 Å². The molecule has 0 saturated heterocycles. The molecule has 2 aromatic rings. The highest BCUT2D eigenvalue weighted by atomic mass is 16.5. The summed E-state index contributed by atoms with van der Waals surface area (Å²) in [5.41, 5.74) is -0.567. The van der Waals surface area contributed by atoms with Gasteiger partial charge in [-0.2, -0.15) is 0 Å². The molecule has 24 heavy (non-hydrogen) atoms. The number of carboxylic acid groups (broad SMARTS) is 1. The summed E-state index contributed by atoms with van der Waals surface area (Å²) in [6, 6.07) is 7.05. The molecule has 0 aliphatic heterocycles. The van der Waals surface area contributed by atoms with Crippen molar-refractivity contribution >= 4 is 11.9 Å². The summed E-state index contributed by atoms with van der Waals surface area (Å²) in [5, 5.41) is 9.06. The van der Waals surface area contributed by atoms with Crippen molar-refractivity contribution in [2.75, 3.05) is 27.3 Å². The van der Waals surface area contributed by atoms with E-state index in [9.17, 15) is 9.59 Å². The molecule has 0 aliphatic rings. The molecule has 8 nitrogen and oxygen atoms in total. The van der Waals surface area contributed by atoms with E-state index in [-0.39, 0.29) is 24.5 Å². The minimum absolute atomic E-state index is 0.197. The zero-order chi connectivity index (χ0) is 17.5. The Kier molecular flexibility index (Phi) is 5.67. The molecule has 0 spiro atoms. The number of likely N-dealkylation sites (N-methyl/N-ethyl adjacent to an activating group) is 1. The van der Waals surface area contributed by atoms with E-state index in [0.29, 0.717) is 5.75 Å².